The van der Waals surface area contributed by atoms with Crippen LogP contribution in [0.4, 0.5) is 11.5 Å². The summed E-state index contributed by atoms with van der Waals surface area (Å²) in [6.45, 7) is 0. The van der Waals surface area contributed by atoms with E-state index in [-0.39, 0.29) is 5.91 Å². The number of hydrogen-bond donors (Lipinski definition) is 2. The summed E-state index contributed by atoms with van der Waals surface area (Å²) in [7, 11) is 0. The number of nitrogen functional groups attached to an aromatic ring is 1. The highest BCUT2D eigenvalue weighted by atomic mass is 79.9. The smallest absolute Gasteiger partial charge is 0.258 e. The third-order valence-corrected chi connectivity index (χ3v) is 2.57. The van der Waals surface area contributed by atoms with Crippen LogP contribution in [0.25, 0.3) is 0 Å². The van der Waals surface area contributed by atoms with E-state index >= 15 is 0 Å². The zero-order valence-electron chi connectivity index (χ0n) is 8.72. The first kappa shape index (κ1) is 11.5. The number of nitrogens with zero attached hydrogens (tertiary/aromatic N) is 2. The van der Waals surface area contributed by atoms with Crippen molar-refractivity contribution >= 4 is 33.3 Å². The van der Waals surface area contributed by atoms with Gasteiger partial charge in [0.15, 0.2) is 5.82 Å². The van der Waals surface area contributed by atoms with Gasteiger partial charge in [0.2, 0.25) is 0 Å². The van der Waals surface area contributed by atoms with Crippen molar-refractivity contribution in [2.24, 2.45) is 0 Å². The highest BCUT2D eigenvalue weighted by molar-refractivity contribution is 9.10. The zero-order chi connectivity index (χ0) is 12.3. The van der Waals surface area contributed by atoms with Crippen molar-refractivity contribution in [2.45, 2.75) is 0 Å². The Labute approximate surface area is 106 Å². The van der Waals surface area contributed by atoms with E-state index in [0.29, 0.717) is 17.1 Å². The van der Waals surface area contributed by atoms with Crippen LogP contribution in [-0.2, 0) is 0 Å². The number of nitrogens with two attached hydrogens (primary N) is 1. The molecule has 5 nitrogen and oxygen atoms in total. The molecule has 0 aliphatic carbocycles. The molecule has 0 aliphatic rings. The molecule has 0 atom stereocenters. The standard InChI is InChI=1S/C11H9BrN4O/c12-7-3-4-8(9(13)6-7)11(17)15-10-2-1-5-14-16-10/h1-6H,13H2,(H,15,16,17). The molecule has 0 fully saturated rings. The van der Waals surface area contributed by atoms with Gasteiger partial charge in [-0.25, -0.2) is 0 Å². The number of nitrogens with one attached hydrogen (secondary N) is 1. The number of carbonyl (C=O) groups excluding carboxylic acids is 1. The number of halogens is 1. The Balaban J connectivity index is 2.21. The van der Waals surface area contributed by atoms with Crippen LogP contribution >= 0.6 is 15.9 Å². The van der Waals surface area contributed by atoms with E-state index in [1.54, 1.807) is 30.3 Å². The Bertz CT molecular complexity index is 544. The highest BCUT2D eigenvalue weighted by Gasteiger charge is 2.10. The Hall–Kier alpha value is -1.95. The van der Waals surface area contributed by atoms with Crippen molar-refractivity contribution < 1.29 is 4.79 Å². The average Bonchev–Trinajstić information content (AvgIpc) is 2.30. The van der Waals surface area contributed by atoms with Crippen LogP contribution in [0, 0.1) is 0 Å². The summed E-state index contributed by atoms with van der Waals surface area (Å²) in [5.41, 5.74) is 6.55. The molecule has 1 heterocycles. The maximum Gasteiger partial charge on any atom is 0.258 e. The van der Waals surface area contributed by atoms with Gasteiger partial charge in [-0.15, -0.1) is 5.10 Å². The zero-order valence-corrected chi connectivity index (χ0v) is 10.3. The molecule has 3 N–H and O–H groups in total. The van der Waals surface area contributed by atoms with Crippen molar-refractivity contribution in [3.8, 4) is 0 Å². The Kier molecular flexibility index (Phi) is 3.34. The van der Waals surface area contributed by atoms with Gasteiger partial charge in [-0.1, -0.05) is 15.9 Å². The maximum atomic E-state index is 11.9. The van der Waals surface area contributed by atoms with Crippen LogP contribution in [0.15, 0.2) is 41.0 Å². The SMILES string of the molecule is Nc1cc(Br)ccc1C(=O)Nc1cccnn1. The molecule has 1 amide bonds. The Morgan fingerprint density at radius 2 is 2.18 bits per heavy atom. The van der Waals surface area contributed by atoms with Crippen LogP contribution in [0.3, 0.4) is 0 Å². The van der Waals surface area contributed by atoms with Crippen molar-refractivity contribution in [1.82, 2.24) is 10.2 Å². The molecule has 0 spiro atoms. The molecular weight excluding hydrogens is 284 g/mol. The quantitative estimate of drug-likeness (QED) is 0.831. The van der Waals surface area contributed by atoms with Crippen LogP contribution in [0.2, 0.25) is 0 Å². The normalized spacial score (nSPS) is 9.94. The summed E-state index contributed by atoms with van der Waals surface area (Å²) < 4.78 is 0.825. The molecule has 0 saturated carbocycles. The number of anilines is 2. The van der Waals surface area contributed by atoms with E-state index in [0.717, 1.165) is 4.47 Å². The van der Waals surface area contributed by atoms with Gasteiger partial charge in [-0.3, -0.25) is 4.79 Å². The fraction of sp³-hybridized carbons (Fsp3) is 0. The van der Waals surface area contributed by atoms with Gasteiger partial charge in [0.05, 0.1) is 5.56 Å². The molecule has 2 aromatic rings. The van der Waals surface area contributed by atoms with Gasteiger partial charge in [-0.2, -0.15) is 5.10 Å². The lowest BCUT2D eigenvalue weighted by atomic mass is 10.1. The third-order valence-electron chi connectivity index (χ3n) is 2.07. The summed E-state index contributed by atoms with van der Waals surface area (Å²) in [6, 6.07) is 8.41. The number of aromatic nitrogens is 2. The van der Waals surface area contributed by atoms with E-state index in [9.17, 15) is 4.79 Å². The first-order valence-electron chi connectivity index (χ1n) is 4.81. The van der Waals surface area contributed by atoms with Gasteiger partial charge in [0.25, 0.3) is 5.91 Å². The Morgan fingerprint density at radius 1 is 1.35 bits per heavy atom. The number of benzene rings is 1. The summed E-state index contributed by atoms with van der Waals surface area (Å²) in [5.74, 6) is 0.0790. The van der Waals surface area contributed by atoms with E-state index in [2.05, 4.69) is 31.4 Å². The van der Waals surface area contributed by atoms with E-state index in [1.807, 2.05) is 0 Å². The van der Waals surface area contributed by atoms with Gasteiger partial charge < -0.3 is 11.1 Å². The number of carbonyl (C=O) groups is 1. The molecule has 0 aliphatic heterocycles. The van der Waals surface area contributed by atoms with Crippen molar-refractivity contribution in [3.63, 3.8) is 0 Å². The minimum Gasteiger partial charge on any atom is -0.398 e. The second-order valence-corrected chi connectivity index (χ2v) is 4.21. The summed E-state index contributed by atoms with van der Waals surface area (Å²) in [6.07, 6.45) is 1.53. The molecule has 0 bridgehead atoms. The molecule has 1 aromatic heterocycles. The first-order valence-corrected chi connectivity index (χ1v) is 5.60. The first-order chi connectivity index (χ1) is 8.16. The van der Waals surface area contributed by atoms with Gasteiger partial charge in [0.1, 0.15) is 0 Å². The minimum atomic E-state index is -0.310. The largest absolute Gasteiger partial charge is 0.398 e. The van der Waals surface area contributed by atoms with Crippen molar-refractivity contribution in [1.29, 1.82) is 0 Å². The van der Waals surface area contributed by atoms with Crippen LogP contribution < -0.4 is 11.1 Å². The number of rotatable bonds is 2. The lowest BCUT2D eigenvalue weighted by molar-refractivity contribution is 0.102. The van der Waals surface area contributed by atoms with Crippen LogP contribution in [0.1, 0.15) is 10.4 Å². The minimum absolute atomic E-state index is 0.310. The maximum absolute atomic E-state index is 11.9. The second kappa shape index (κ2) is 4.92. The fourth-order valence-electron chi connectivity index (χ4n) is 1.29. The monoisotopic (exact) mass is 292 g/mol. The highest BCUT2D eigenvalue weighted by Crippen LogP contribution is 2.19. The summed E-state index contributed by atoms with van der Waals surface area (Å²) in [5, 5.41) is 10.0. The molecule has 0 unspecified atom stereocenters. The predicted octanol–water partition coefficient (Wildman–Crippen LogP) is 2.07. The molecule has 17 heavy (non-hydrogen) atoms. The van der Waals surface area contributed by atoms with Gasteiger partial charge >= 0.3 is 0 Å². The predicted molar refractivity (Wildman–Crippen MR) is 68.5 cm³/mol. The fourth-order valence-corrected chi connectivity index (χ4v) is 1.67. The Morgan fingerprint density at radius 3 is 2.82 bits per heavy atom. The van der Waals surface area contributed by atoms with E-state index < -0.39 is 0 Å². The van der Waals surface area contributed by atoms with Crippen molar-refractivity contribution in [2.75, 3.05) is 11.1 Å². The van der Waals surface area contributed by atoms with Gasteiger partial charge in [0, 0.05) is 16.4 Å². The summed E-state index contributed by atoms with van der Waals surface area (Å²) in [4.78, 5) is 11.9. The summed E-state index contributed by atoms with van der Waals surface area (Å²) >= 11 is 3.28. The molecule has 0 radical (unpaired) electrons. The lowest BCUT2D eigenvalue weighted by Crippen LogP contribution is -2.15. The molecule has 1 aromatic carbocycles. The molecular formula is C11H9BrN4O. The topological polar surface area (TPSA) is 80.9 Å². The molecule has 2 rings (SSSR count). The second-order valence-electron chi connectivity index (χ2n) is 3.29. The number of amides is 1. The van der Waals surface area contributed by atoms with Crippen LogP contribution in [0.5, 0.6) is 0 Å². The van der Waals surface area contributed by atoms with Gasteiger partial charge in [-0.05, 0) is 30.3 Å². The van der Waals surface area contributed by atoms with Crippen LogP contribution in [-0.4, -0.2) is 16.1 Å². The molecule has 6 heteroatoms. The molecule has 86 valence electrons. The third kappa shape index (κ3) is 2.79. The average molecular weight is 293 g/mol. The number of hydrogen-bond acceptors (Lipinski definition) is 4. The van der Waals surface area contributed by atoms with Crippen molar-refractivity contribution in [3.05, 3.63) is 46.6 Å². The lowest BCUT2D eigenvalue weighted by Gasteiger charge is -2.06. The van der Waals surface area contributed by atoms with E-state index in [4.69, 9.17) is 5.73 Å². The van der Waals surface area contributed by atoms with E-state index in [1.165, 1.54) is 6.20 Å². The molecule has 0 saturated heterocycles.